The van der Waals surface area contributed by atoms with Crippen molar-refractivity contribution in [3.8, 4) is 5.75 Å². The lowest BCUT2D eigenvalue weighted by Gasteiger charge is -2.39. The number of carbonyl (C=O) groups is 1. The molecule has 1 saturated heterocycles. The van der Waals surface area contributed by atoms with Gasteiger partial charge < -0.3 is 19.5 Å². The highest BCUT2D eigenvalue weighted by Gasteiger charge is 2.34. The molecule has 1 aliphatic carbocycles. The Morgan fingerprint density at radius 1 is 1.23 bits per heavy atom. The molecule has 1 aromatic rings. The third-order valence-corrected chi connectivity index (χ3v) is 4.39. The van der Waals surface area contributed by atoms with Gasteiger partial charge in [-0.05, 0) is 25.3 Å². The third kappa shape index (κ3) is 3.59. The Kier molecular flexibility index (Phi) is 4.95. The lowest BCUT2D eigenvalue weighted by molar-refractivity contribution is -0.158. The van der Waals surface area contributed by atoms with Crippen LogP contribution in [0.5, 0.6) is 5.75 Å². The highest BCUT2D eigenvalue weighted by atomic mass is 16.6. The van der Waals surface area contributed by atoms with E-state index in [0.717, 1.165) is 30.6 Å². The lowest BCUT2D eigenvalue weighted by Crippen LogP contribution is -2.49. The molecule has 5 heteroatoms. The summed E-state index contributed by atoms with van der Waals surface area (Å²) in [6.45, 7) is 1.34. The van der Waals surface area contributed by atoms with Crippen molar-refractivity contribution in [1.29, 1.82) is 0 Å². The topological polar surface area (TPSA) is 56.8 Å². The highest BCUT2D eigenvalue weighted by Crippen LogP contribution is 2.27. The fourth-order valence-electron chi connectivity index (χ4n) is 3.30. The van der Waals surface area contributed by atoms with Gasteiger partial charge in [0.05, 0.1) is 39.0 Å². The van der Waals surface area contributed by atoms with E-state index in [1.54, 1.807) is 7.11 Å². The number of carbonyl (C=O) groups excluding carboxylic acids is 1. The van der Waals surface area contributed by atoms with Crippen molar-refractivity contribution in [2.45, 2.75) is 43.9 Å². The van der Waals surface area contributed by atoms with E-state index in [1.165, 1.54) is 0 Å². The van der Waals surface area contributed by atoms with Gasteiger partial charge in [-0.15, -0.1) is 0 Å². The summed E-state index contributed by atoms with van der Waals surface area (Å²) in [5.41, 5.74) is 0.911. The van der Waals surface area contributed by atoms with Gasteiger partial charge >= 0.3 is 0 Å². The number of amides is 1. The summed E-state index contributed by atoms with van der Waals surface area (Å²) in [5, 5.41) is 3.12. The molecule has 1 aliphatic heterocycles. The van der Waals surface area contributed by atoms with Crippen LogP contribution in [-0.4, -0.2) is 44.5 Å². The van der Waals surface area contributed by atoms with Crippen LogP contribution in [0.25, 0.3) is 0 Å². The summed E-state index contributed by atoms with van der Waals surface area (Å²) < 4.78 is 16.7. The molecule has 1 aromatic carbocycles. The minimum Gasteiger partial charge on any atom is -0.496 e. The molecule has 0 radical (unpaired) electrons. The first kappa shape index (κ1) is 15.3. The van der Waals surface area contributed by atoms with Crippen LogP contribution in [-0.2, 0) is 20.7 Å². The van der Waals surface area contributed by atoms with E-state index < -0.39 is 0 Å². The number of methoxy groups -OCH3 is 1. The van der Waals surface area contributed by atoms with Crippen molar-refractivity contribution in [3.63, 3.8) is 0 Å². The number of fused-ring (bicyclic) bond motifs is 1. The van der Waals surface area contributed by atoms with E-state index in [1.807, 2.05) is 24.3 Å². The van der Waals surface area contributed by atoms with E-state index >= 15 is 0 Å². The summed E-state index contributed by atoms with van der Waals surface area (Å²) in [6, 6.07) is 7.80. The Labute approximate surface area is 130 Å². The van der Waals surface area contributed by atoms with Crippen LogP contribution in [0, 0.1) is 0 Å². The average molecular weight is 305 g/mol. The minimum atomic E-state index is 0.0321. The van der Waals surface area contributed by atoms with Crippen LogP contribution in [0.1, 0.15) is 24.8 Å². The number of benzene rings is 1. The second-order valence-corrected chi connectivity index (χ2v) is 5.88. The summed E-state index contributed by atoms with van der Waals surface area (Å²) in [6.07, 6.45) is 3.40. The summed E-state index contributed by atoms with van der Waals surface area (Å²) in [7, 11) is 1.62. The van der Waals surface area contributed by atoms with Gasteiger partial charge in [0.25, 0.3) is 0 Å². The van der Waals surface area contributed by atoms with Crippen molar-refractivity contribution in [2.75, 3.05) is 20.3 Å². The van der Waals surface area contributed by atoms with Crippen LogP contribution in [0.4, 0.5) is 0 Å². The number of hydrogen-bond acceptors (Lipinski definition) is 4. The van der Waals surface area contributed by atoms with Crippen LogP contribution < -0.4 is 10.1 Å². The molecule has 22 heavy (non-hydrogen) atoms. The average Bonchev–Trinajstić information content (AvgIpc) is 2.55. The van der Waals surface area contributed by atoms with Gasteiger partial charge in [0, 0.05) is 11.6 Å². The zero-order valence-electron chi connectivity index (χ0n) is 12.9. The maximum atomic E-state index is 12.3. The first-order valence-electron chi connectivity index (χ1n) is 7.90. The Bertz CT molecular complexity index is 519. The molecule has 0 aromatic heterocycles. The molecule has 2 aliphatic rings. The molecule has 1 heterocycles. The van der Waals surface area contributed by atoms with Crippen LogP contribution in [0.2, 0.25) is 0 Å². The molecule has 120 valence electrons. The zero-order chi connectivity index (χ0) is 15.4. The second-order valence-electron chi connectivity index (χ2n) is 5.88. The van der Waals surface area contributed by atoms with Gasteiger partial charge in [-0.2, -0.15) is 0 Å². The van der Waals surface area contributed by atoms with Crippen LogP contribution >= 0.6 is 0 Å². The normalized spacial score (nSPS) is 27.8. The highest BCUT2D eigenvalue weighted by molar-refractivity contribution is 5.79. The van der Waals surface area contributed by atoms with E-state index in [9.17, 15) is 4.79 Å². The summed E-state index contributed by atoms with van der Waals surface area (Å²) in [4.78, 5) is 12.3. The Morgan fingerprint density at radius 3 is 2.82 bits per heavy atom. The monoisotopic (exact) mass is 305 g/mol. The smallest absolute Gasteiger partial charge is 0.224 e. The fourth-order valence-corrected chi connectivity index (χ4v) is 3.30. The quantitative estimate of drug-likeness (QED) is 0.920. The molecule has 2 fully saturated rings. The molecule has 1 saturated carbocycles. The van der Waals surface area contributed by atoms with Crippen LogP contribution in [0.15, 0.2) is 24.3 Å². The van der Waals surface area contributed by atoms with E-state index in [0.29, 0.717) is 19.6 Å². The lowest BCUT2D eigenvalue weighted by atomic mass is 9.89. The van der Waals surface area contributed by atoms with E-state index in [4.69, 9.17) is 14.2 Å². The zero-order valence-corrected chi connectivity index (χ0v) is 12.9. The van der Waals surface area contributed by atoms with E-state index in [2.05, 4.69) is 5.32 Å². The molecule has 3 rings (SSSR count). The summed E-state index contributed by atoms with van der Waals surface area (Å²) in [5.74, 6) is 0.787. The SMILES string of the molecule is COc1ccccc1CC(=O)NC1CCC2OCCOC2C1. The molecule has 3 atom stereocenters. The number of rotatable bonds is 4. The molecule has 0 spiro atoms. The second kappa shape index (κ2) is 7.11. The van der Waals surface area contributed by atoms with Gasteiger partial charge in [0.2, 0.25) is 5.91 Å². The number of ether oxygens (including phenoxy) is 3. The van der Waals surface area contributed by atoms with Gasteiger partial charge in [-0.1, -0.05) is 18.2 Å². The fraction of sp³-hybridized carbons (Fsp3) is 0.588. The molecule has 0 bridgehead atoms. The molecular formula is C17H23NO4. The Hall–Kier alpha value is -1.59. The molecule has 1 amide bonds. The van der Waals surface area contributed by atoms with Crippen molar-refractivity contribution < 1.29 is 19.0 Å². The molecular weight excluding hydrogens is 282 g/mol. The van der Waals surface area contributed by atoms with E-state index in [-0.39, 0.29) is 24.2 Å². The maximum absolute atomic E-state index is 12.3. The maximum Gasteiger partial charge on any atom is 0.224 e. The predicted molar refractivity (Wildman–Crippen MR) is 82.0 cm³/mol. The first-order valence-corrected chi connectivity index (χ1v) is 7.90. The largest absolute Gasteiger partial charge is 0.496 e. The Morgan fingerprint density at radius 2 is 2.00 bits per heavy atom. The van der Waals surface area contributed by atoms with Crippen molar-refractivity contribution in [1.82, 2.24) is 5.32 Å². The minimum absolute atomic E-state index is 0.0321. The van der Waals surface area contributed by atoms with Gasteiger partial charge in [-0.3, -0.25) is 4.79 Å². The van der Waals surface area contributed by atoms with Gasteiger partial charge in [-0.25, -0.2) is 0 Å². The van der Waals surface area contributed by atoms with Gasteiger partial charge in [0.15, 0.2) is 0 Å². The predicted octanol–water partition coefficient (Wildman–Crippen LogP) is 1.69. The van der Waals surface area contributed by atoms with Crippen molar-refractivity contribution in [2.24, 2.45) is 0 Å². The molecule has 5 nitrogen and oxygen atoms in total. The van der Waals surface area contributed by atoms with Crippen LogP contribution in [0.3, 0.4) is 0 Å². The molecule has 3 unspecified atom stereocenters. The number of nitrogens with one attached hydrogen (secondary N) is 1. The van der Waals surface area contributed by atoms with Crippen molar-refractivity contribution in [3.05, 3.63) is 29.8 Å². The summed E-state index contributed by atoms with van der Waals surface area (Å²) >= 11 is 0. The molecule has 1 N–H and O–H groups in total. The first-order chi connectivity index (χ1) is 10.8. The number of para-hydroxylation sites is 1. The Balaban J connectivity index is 1.53. The number of hydrogen-bond donors (Lipinski definition) is 1. The standard InChI is InChI=1S/C17H23NO4/c1-20-14-5-3-2-4-12(14)10-17(19)18-13-6-7-15-16(11-13)22-9-8-21-15/h2-5,13,15-16H,6-11H2,1H3,(H,18,19). The van der Waals surface area contributed by atoms with Crippen molar-refractivity contribution >= 4 is 5.91 Å². The third-order valence-electron chi connectivity index (χ3n) is 4.39. The van der Waals surface area contributed by atoms with Gasteiger partial charge in [0.1, 0.15) is 5.75 Å².